The Bertz CT molecular complexity index is 355. The Balaban J connectivity index is 2.95. The Kier molecular flexibility index (Phi) is 3.14. The van der Waals surface area contributed by atoms with Gasteiger partial charge in [0.2, 0.25) is 5.91 Å². The summed E-state index contributed by atoms with van der Waals surface area (Å²) in [5.74, 6) is -2.66. The molecule has 1 aromatic rings. The summed E-state index contributed by atoms with van der Waals surface area (Å²) >= 11 is 0. The van der Waals surface area contributed by atoms with Gasteiger partial charge in [-0.3, -0.25) is 4.79 Å². The van der Waals surface area contributed by atoms with Crippen molar-refractivity contribution in [2.45, 2.75) is 12.5 Å². The van der Waals surface area contributed by atoms with Crippen molar-refractivity contribution in [2.24, 2.45) is 11.5 Å². The second-order valence-electron chi connectivity index (χ2n) is 2.92. The van der Waals surface area contributed by atoms with Crippen molar-refractivity contribution in [1.29, 1.82) is 0 Å². The first-order chi connectivity index (χ1) is 6.52. The number of primary amides is 1. The molecule has 0 saturated carbocycles. The molecule has 4 N–H and O–H groups in total. The van der Waals surface area contributed by atoms with Gasteiger partial charge in [0, 0.05) is 18.0 Å². The highest BCUT2D eigenvalue weighted by molar-refractivity contribution is 5.74. The lowest BCUT2D eigenvalue weighted by Crippen LogP contribution is -2.21. The zero-order chi connectivity index (χ0) is 10.7. The average Bonchev–Trinajstić information content (AvgIpc) is 2.08. The molecule has 0 unspecified atom stereocenters. The number of rotatable bonds is 3. The Morgan fingerprint density at radius 2 is 2.07 bits per heavy atom. The zero-order valence-electron chi connectivity index (χ0n) is 7.34. The van der Waals surface area contributed by atoms with Crippen LogP contribution in [0.1, 0.15) is 18.0 Å². The Hall–Kier alpha value is -1.49. The van der Waals surface area contributed by atoms with E-state index in [0.29, 0.717) is 0 Å². The second kappa shape index (κ2) is 4.15. The van der Waals surface area contributed by atoms with Gasteiger partial charge >= 0.3 is 0 Å². The minimum absolute atomic E-state index is 0.0381. The highest BCUT2D eigenvalue weighted by Crippen LogP contribution is 2.19. The molecule has 14 heavy (non-hydrogen) atoms. The summed E-state index contributed by atoms with van der Waals surface area (Å²) in [6.45, 7) is 0. The number of halogens is 2. The fraction of sp³-hybridized carbons (Fsp3) is 0.222. The minimum Gasteiger partial charge on any atom is -0.370 e. The van der Waals surface area contributed by atoms with Gasteiger partial charge in [-0.2, -0.15) is 0 Å². The Morgan fingerprint density at radius 3 is 2.64 bits per heavy atom. The molecule has 0 aliphatic heterocycles. The SMILES string of the molecule is NC(=O)C[C@@H](N)c1cccc(F)c1F. The van der Waals surface area contributed by atoms with Gasteiger partial charge in [0.05, 0.1) is 0 Å². The number of carbonyl (C=O) groups excluding carboxylic acids is 1. The molecule has 0 bridgehead atoms. The van der Waals surface area contributed by atoms with Gasteiger partial charge in [-0.15, -0.1) is 0 Å². The lowest BCUT2D eigenvalue weighted by Gasteiger charge is -2.10. The molecule has 1 amide bonds. The Morgan fingerprint density at radius 1 is 1.43 bits per heavy atom. The summed E-state index contributed by atoms with van der Waals surface area (Å²) in [5.41, 5.74) is 10.3. The first kappa shape index (κ1) is 10.6. The van der Waals surface area contributed by atoms with Crippen molar-refractivity contribution in [2.75, 3.05) is 0 Å². The van der Waals surface area contributed by atoms with Crippen LogP contribution in [-0.2, 0) is 4.79 Å². The fourth-order valence-corrected chi connectivity index (χ4v) is 1.13. The lowest BCUT2D eigenvalue weighted by molar-refractivity contribution is -0.118. The van der Waals surface area contributed by atoms with Crippen LogP contribution in [-0.4, -0.2) is 5.91 Å². The van der Waals surface area contributed by atoms with E-state index in [9.17, 15) is 13.6 Å². The van der Waals surface area contributed by atoms with Crippen molar-refractivity contribution in [3.05, 3.63) is 35.4 Å². The highest BCUT2D eigenvalue weighted by atomic mass is 19.2. The smallest absolute Gasteiger partial charge is 0.219 e. The van der Waals surface area contributed by atoms with E-state index < -0.39 is 23.6 Å². The van der Waals surface area contributed by atoms with Crippen LogP contribution in [0.25, 0.3) is 0 Å². The maximum atomic E-state index is 13.1. The van der Waals surface area contributed by atoms with Crippen LogP contribution >= 0.6 is 0 Å². The molecule has 0 aliphatic rings. The molecule has 5 heteroatoms. The molecule has 0 aliphatic carbocycles. The van der Waals surface area contributed by atoms with E-state index in [4.69, 9.17) is 11.5 Å². The van der Waals surface area contributed by atoms with Gasteiger partial charge in [0.25, 0.3) is 0 Å². The summed E-state index contributed by atoms with van der Waals surface area (Å²) < 4.78 is 25.8. The molecular formula is C9H10F2N2O. The van der Waals surface area contributed by atoms with Crippen molar-refractivity contribution in [3.63, 3.8) is 0 Å². The third kappa shape index (κ3) is 2.26. The van der Waals surface area contributed by atoms with Crippen LogP contribution in [0.15, 0.2) is 18.2 Å². The topological polar surface area (TPSA) is 69.1 Å². The molecular weight excluding hydrogens is 190 g/mol. The van der Waals surface area contributed by atoms with Crippen LogP contribution in [0.3, 0.4) is 0 Å². The van der Waals surface area contributed by atoms with Crippen molar-refractivity contribution in [3.8, 4) is 0 Å². The maximum Gasteiger partial charge on any atom is 0.219 e. The third-order valence-corrected chi connectivity index (χ3v) is 1.80. The average molecular weight is 200 g/mol. The molecule has 3 nitrogen and oxygen atoms in total. The summed E-state index contributed by atoms with van der Waals surface area (Å²) in [4.78, 5) is 10.5. The van der Waals surface area contributed by atoms with Crippen molar-refractivity contribution < 1.29 is 13.6 Å². The van der Waals surface area contributed by atoms with Crippen molar-refractivity contribution >= 4 is 5.91 Å². The number of benzene rings is 1. The molecule has 0 saturated heterocycles. The lowest BCUT2D eigenvalue weighted by atomic mass is 10.0. The van der Waals surface area contributed by atoms with Crippen LogP contribution in [0.5, 0.6) is 0 Å². The normalized spacial score (nSPS) is 12.5. The zero-order valence-corrected chi connectivity index (χ0v) is 7.34. The predicted molar refractivity (Wildman–Crippen MR) is 47.1 cm³/mol. The minimum atomic E-state index is -1.03. The molecule has 1 atom stereocenters. The van der Waals surface area contributed by atoms with Gasteiger partial charge in [0.15, 0.2) is 11.6 Å². The van der Waals surface area contributed by atoms with E-state index >= 15 is 0 Å². The molecule has 1 rings (SSSR count). The molecule has 0 heterocycles. The van der Waals surface area contributed by atoms with Crippen LogP contribution in [0.4, 0.5) is 8.78 Å². The summed E-state index contributed by atoms with van der Waals surface area (Å²) in [5, 5.41) is 0. The van der Waals surface area contributed by atoms with E-state index in [1.165, 1.54) is 12.1 Å². The molecule has 76 valence electrons. The van der Waals surface area contributed by atoms with Gasteiger partial charge in [-0.25, -0.2) is 8.78 Å². The number of hydrogen-bond donors (Lipinski definition) is 2. The van der Waals surface area contributed by atoms with E-state index in [2.05, 4.69) is 0 Å². The molecule has 0 aromatic heterocycles. The molecule has 0 radical (unpaired) electrons. The quantitative estimate of drug-likeness (QED) is 0.759. The molecule has 0 spiro atoms. The van der Waals surface area contributed by atoms with Crippen molar-refractivity contribution in [1.82, 2.24) is 0 Å². The van der Waals surface area contributed by atoms with Gasteiger partial charge in [-0.05, 0) is 6.07 Å². The number of amides is 1. The fourth-order valence-electron chi connectivity index (χ4n) is 1.13. The first-order valence-electron chi connectivity index (χ1n) is 4.00. The monoisotopic (exact) mass is 200 g/mol. The first-order valence-corrected chi connectivity index (χ1v) is 4.00. The van der Waals surface area contributed by atoms with E-state index in [-0.39, 0.29) is 12.0 Å². The van der Waals surface area contributed by atoms with E-state index in [1.807, 2.05) is 0 Å². The van der Waals surface area contributed by atoms with Crippen LogP contribution < -0.4 is 11.5 Å². The van der Waals surface area contributed by atoms with Gasteiger partial charge in [0.1, 0.15) is 0 Å². The highest BCUT2D eigenvalue weighted by Gasteiger charge is 2.15. The predicted octanol–water partition coefficient (Wildman–Crippen LogP) is 0.840. The second-order valence-corrected chi connectivity index (χ2v) is 2.92. The van der Waals surface area contributed by atoms with E-state index in [0.717, 1.165) is 6.07 Å². The number of nitrogens with two attached hydrogens (primary N) is 2. The Labute approximate surface area is 79.7 Å². The summed E-state index contributed by atoms with van der Waals surface area (Å²) in [7, 11) is 0. The van der Waals surface area contributed by atoms with Crippen LogP contribution in [0, 0.1) is 11.6 Å². The number of carbonyl (C=O) groups is 1. The largest absolute Gasteiger partial charge is 0.370 e. The number of hydrogen-bond acceptors (Lipinski definition) is 2. The molecule has 0 fully saturated rings. The standard InChI is InChI=1S/C9H10F2N2O/c10-6-3-1-2-5(9(6)11)7(12)4-8(13)14/h1-3,7H,4,12H2,(H2,13,14)/t7-/m1/s1. The summed E-state index contributed by atoms with van der Waals surface area (Å²) in [6, 6.07) is 2.74. The van der Waals surface area contributed by atoms with E-state index in [1.54, 1.807) is 0 Å². The molecule has 1 aromatic carbocycles. The van der Waals surface area contributed by atoms with Gasteiger partial charge in [-0.1, -0.05) is 12.1 Å². The third-order valence-electron chi connectivity index (χ3n) is 1.80. The van der Waals surface area contributed by atoms with Crippen LogP contribution in [0.2, 0.25) is 0 Å². The summed E-state index contributed by atoms with van der Waals surface area (Å²) in [6.07, 6.45) is -0.208. The maximum absolute atomic E-state index is 13.1. The van der Waals surface area contributed by atoms with Gasteiger partial charge < -0.3 is 11.5 Å².